The number of carbonyl (C=O) groups is 2. The molecule has 0 fully saturated rings. The van der Waals surface area contributed by atoms with Gasteiger partial charge in [0, 0.05) is 26.9 Å². The van der Waals surface area contributed by atoms with Gasteiger partial charge in [0.15, 0.2) is 5.69 Å². The number of fused-ring (bicyclic) bond motifs is 3. The Morgan fingerprint density at radius 3 is 2.52 bits per heavy atom. The Morgan fingerprint density at radius 2 is 1.79 bits per heavy atom. The van der Waals surface area contributed by atoms with Crippen molar-refractivity contribution < 1.29 is 9.59 Å². The Hall–Kier alpha value is -3.71. The van der Waals surface area contributed by atoms with Crippen LogP contribution >= 0.6 is 15.9 Å². The first-order valence-corrected chi connectivity index (χ1v) is 11.4. The fourth-order valence-corrected chi connectivity index (χ4v) is 4.57. The van der Waals surface area contributed by atoms with E-state index in [0.29, 0.717) is 17.7 Å². The Bertz CT molecular complexity index is 1410. The summed E-state index contributed by atoms with van der Waals surface area (Å²) in [5.74, 6) is -0.710. The van der Waals surface area contributed by atoms with Crippen LogP contribution in [0, 0.1) is 6.92 Å². The maximum absolute atomic E-state index is 12.9. The first kappa shape index (κ1) is 21.2. The zero-order chi connectivity index (χ0) is 23.1. The summed E-state index contributed by atoms with van der Waals surface area (Å²) in [5, 5.41) is 7.59. The van der Waals surface area contributed by atoms with E-state index in [2.05, 4.69) is 26.3 Å². The number of nitrogens with one attached hydrogen (secondary N) is 1. The molecule has 3 N–H and O–H groups in total. The molecule has 6 nitrogen and oxygen atoms in total. The minimum Gasteiger partial charge on any atom is -0.364 e. The molecule has 3 aromatic carbocycles. The number of aryl methyl sites for hydroxylation is 2. The molecular formula is C26H21BrN4O2. The topological polar surface area (TPSA) is 90.0 Å². The fraction of sp³-hybridized carbons (Fsp3) is 0.115. The van der Waals surface area contributed by atoms with Gasteiger partial charge in [0.25, 0.3) is 11.8 Å². The molecule has 0 unspecified atom stereocenters. The number of carbonyl (C=O) groups excluding carboxylic acids is 2. The zero-order valence-electron chi connectivity index (χ0n) is 17.9. The van der Waals surface area contributed by atoms with Gasteiger partial charge in [0.2, 0.25) is 0 Å². The third kappa shape index (κ3) is 3.85. The van der Waals surface area contributed by atoms with Crippen LogP contribution in [0.5, 0.6) is 0 Å². The molecule has 0 aliphatic heterocycles. The van der Waals surface area contributed by atoms with Crippen molar-refractivity contribution in [1.29, 1.82) is 0 Å². The van der Waals surface area contributed by atoms with Gasteiger partial charge in [-0.3, -0.25) is 9.59 Å². The minimum atomic E-state index is -0.547. The quantitative estimate of drug-likeness (QED) is 0.410. The summed E-state index contributed by atoms with van der Waals surface area (Å²) in [7, 11) is 0. The summed E-state index contributed by atoms with van der Waals surface area (Å²) in [6.07, 6.45) is 1.44. The lowest BCUT2D eigenvalue weighted by Gasteiger charge is -2.20. The number of benzene rings is 3. The first-order valence-electron chi connectivity index (χ1n) is 10.6. The van der Waals surface area contributed by atoms with E-state index in [1.807, 2.05) is 73.7 Å². The average molecular weight is 501 g/mol. The van der Waals surface area contributed by atoms with E-state index in [9.17, 15) is 9.59 Å². The molecule has 0 saturated carbocycles. The molecule has 0 radical (unpaired) electrons. The molecule has 164 valence electrons. The van der Waals surface area contributed by atoms with Gasteiger partial charge in [-0.15, -0.1) is 0 Å². The molecule has 33 heavy (non-hydrogen) atoms. The van der Waals surface area contributed by atoms with Crippen LogP contribution in [0.2, 0.25) is 0 Å². The number of nitrogens with zero attached hydrogens (tertiary/aromatic N) is 2. The van der Waals surface area contributed by atoms with E-state index in [0.717, 1.165) is 44.5 Å². The lowest BCUT2D eigenvalue weighted by atomic mass is 9.88. The summed E-state index contributed by atoms with van der Waals surface area (Å²) in [6.45, 7) is 1.91. The van der Waals surface area contributed by atoms with Gasteiger partial charge < -0.3 is 11.1 Å². The van der Waals surface area contributed by atoms with Crippen molar-refractivity contribution in [3.8, 4) is 16.9 Å². The number of amides is 2. The Morgan fingerprint density at radius 1 is 1.03 bits per heavy atom. The molecule has 1 aliphatic rings. The Kier molecular flexibility index (Phi) is 5.34. The van der Waals surface area contributed by atoms with E-state index in [1.54, 1.807) is 4.68 Å². The smallest absolute Gasteiger partial charge is 0.269 e. The van der Waals surface area contributed by atoms with Crippen molar-refractivity contribution in [2.45, 2.75) is 19.8 Å². The lowest BCUT2D eigenvalue weighted by Crippen LogP contribution is -2.16. The van der Waals surface area contributed by atoms with Gasteiger partial charge in [-0.1, -0.05) is 40.2 Å². The molecule has 4 aromatic rings. The SMILES string of the molecule is Cc1ccccc1C(=O)Nc1ccc2c(c1)-c1c(c(C(N)=O)nn1-c1ccc(Br)cc1)CC2. The summed E-state index contributed by atoms with van der Waals surface area (Å²) in [5.41, 5.74) is 12.7. The second-order valence-electron chi connectivity index (χ2n) is 8.07. The maximum atomic E-state index is 12.9. The van der Waals surface area contributed by atoms with E-state index < -0.39 is 5.91 Å². The molecule has 0 bridgehead atoms. The molecule has 2 amide bonds. The van der Waals surface area contributed by atoms with Crippen LogP contribution in [0.25, 0.3) is 16.9 Å². The van der Waals surface area contributed by atoms with Gasteiger partial charge in [-0.25, -0.2) is 4.68 Å². The molecule has 0 saturated heterocycles. The molecule has 5 rings (SSSR count). The molecule has 0 atom stereocenters. The van der Waals surface area contributed by atoms with Crippen molar-refractivity contribution in [2.24, 2.45) is 5.73 Å². The zero-order valence-corrected chi connectivity index (χ0v) is 19.5. The van der Waals surface area contributed by atoms with Crippen LogP contribution in [0.1, 0.15) is 37.5 Å². The van der Waals surface area contributed by atoms with Gasteiger partial charge >= 0.3 is 0 Å². The van der Waals surface area contributed by atoms with E-state index in [-0.39, 0.29) is 11.6 Å². The lowest BCUT2D eigenvalue weighted by molar-refractivity contribution is 0.0992. The molecule has 0 spiro atoms. The average Bonchev–Trinajstić information content (AvgIpc) is 3.20. The highest BCUT2D eigenvalue weighted by atomic mass is 79.9. The highest BCUT2D eigenvalue weighted by molar-refractivity contribution is 9.10. The number of halogens is 1. The van der Waals surface area contributed by atoms with Crippen molar-refractivity contribution in [1.82, 2.24) is 9.78 Å². The van der Waals surface area contributed by atoms with E-state index in [4.69, 9.17) is 5.73 Å². The molecular weight excluding hydrogens is 480 g/mol. The van der Waals surface area contributed by atoms with Crippen molar-refractivity contribution in [3.05, 3.63) is 99.2 Å². The second-order valence-corrected chi connectivity index (χ2v) is 8.98. The third-order valence-corrected chi connectivity index (χ3v) is 6.47. The summed E-state index contributed by atoms with van der Waals surface area (Å²) < 4.78 is 2.72. The van der Waals surface area contributed by atoms with Crippen molar-refractivity contribution in [2.75, 3.05) is 5.32 Å². The monoisotopic (exact) mass is 500 g/mol. The second kappa shape index (κ2) is 8.33. The van der Waals surface area contributed by atoms with E-state index >= 15 is 0 Å². The summed E-state index contributed by atoms with van der Waals surface area (Å²) in [6, 6.07) is 21.1. The predicted molar refractivity (Wildman–Crippen MR) is 132 cm³/mol. The summed E-state index contributed by atoms with van der Waals surface area (Å²) >= 11 is 3.46. The highest BCUT2D eigenvalue weighted by Crippen LogP contribution is 2.38. The van der Waals surface area contributed by atoms with Crippen LogP contribution in [-0.2, 0) is 12.8 Å². The first-order chi connectivity index (χ1) is 15.9. The standard InChI is InChI=1S/C26H21BrN4O2/c1-15-4-2-3-5-20(15)26(33)29-18-10-6-16-7-13-21-23(25(28)32)30-31(24(21)22(16)14-18)19-11-8-17(27)9-12-19/h2-6,8-12,14H,7,13H2,1H3,(H2,28,32)(H,29,33). The van der Waals surface area contributed by atoms with Crippen molar-refractivity contribution >= 4 is 33.4 Å². The van der Waals surface area contributed by atoms with Crippen LogP contribution in [0.4, 0.5) is 5.69 Å². The number of hydrogen-bond donors (Lipinski definition) is 2. The van der Waals surface area contributed by atoms with Crippen LogP contribution < -0.4 is 11.1 Å². The molecule has 1 heterocycles. The predicted octanol–water partition coefficient (Wildman–Crippen LogP) is 5.06. The van der Waals surface area contributed by atoms with Gasteiger partial charge in [0.1, 0.15) is 0 Å². The number of anilines is 1. The molecule has 1 aliphatic carbocycles. The Balaban J connectivity index is 1.61. The number of hydrogen-bond acceptors (Lipinski definition) is 3. The maximum Gasteiger partial charge on any atom is 0.269 e. The molecule has 7 heteroatoms. The van der Waals surface area contributed by atoms with Crippen molar-refractivity contribution in [3.63, 3.8) is 0 Å². The fourth-order valence-electron chi connectivity index (χ4n) is 4.31. The summed E-state index contributed by atoms with van der Waals surface area (Å²) in [4.78, 5) is 25.0. The van der Waals surface area contributed by atoms with Gasteiger partial charge in [0.05, 0.1) is 11.4 Å². The van der Waals surface area contributed by atoms with E-state index in [1.165, 1.54) is 0 Å². The normalized spacial score (nSPS) is 12.1. The van der Waals surface area contributed by atoms with Gasteiger partial charge in [-0.05, 0) is 73.4 Å². The largest absolute Gasteiger partial charge is 0.364 e. The number of nitrogens with two attached hydrogens (primary N) is 1. The van der Waals surface area contributed by atoms with Crippen LogP contribution in [0.15, 0.2) is 71.2 Å². The number of primary amides is 1. The van der Waals surface area contributed by atoms with Crippen LogP contribution in [0.3, 0.4) is 0 Å². The molecule has 1 aromatic heterocycles. The minimum absolute atomic E-state index is 0.164. The number of rotatable bonds is 4. The third-order valence-electron chi connectivity index (χ3n) is 5.94. The van der Waals surface area contributed by atoms with Gasteiger partial charge in [-0.2, -0.15) is 5.10 Å². The highest BCUT2D eigenvalue weighted by Gasteiger charge is 2.28. The van der Waals surface area contributed by atoms with Crippen LogP contribution in [-0.4, -0.2) is 21.6 Å². The Labute approximate surface area is 199 Å². The number of aromatic nitrogens is 2.